The van der Waals surface area contributed by atoms with Crippen LogP contribution < -0.4 is 10.6 Å². The van der Waals surface area contributed by atoms with Crippen LogP contribution in [0.2, 0.25) is 0 Å². The predicted molar refractivity (Wildman–Crippen MR) is 100 cm³/mol. The van der Waals surface area contributed by atoms with Gasteiger partial charge in [0, 0.05) is 11.6 Å². The zero-order chi connectivity index (χ0) is 19.2. The molecule has 3 aromatic rings. The average Bonchev–Trinajstić information content (AvgIpc) is 3.21. The molecular formula is C20H20N3O4+. The summed E-state index contributed by atoms with van der Waals surface area (Å²) in [6.07, 6.45) is 1.59. The van der Waals surface area contributed by atoms with Crippen LogP contribution in [-0.4, -0.2) is 16.9 Å². The maximum Gasteiger partial charge on any atom is 0.292 e. The molecule has 0 bridgehead atoms. The second-order valence-electron chi connectivity index (χ2n) is 6.15. The molecule has 1 amide bonds. The number of amides is 1. The minimum atomic E-state index is -0.514. The van der Waals surface area contributed by atoms with Crippen molar-refractivity contribution in [3.05, 3.63) is 94.4 Å². The minimum Gasteiger partial charge on any atom is -0.463 e. The zero-order valence-electron chi connectivity index (χ0n) is 14.7. The molecule has 0 fully saturated rings. The topological polar surface area (TPSA) is 102 Å². The molecule has 1 heterocycles. The Kier molecular flexibility index (Phi) is 5.63. The van der Waals surface area contributed by atoms with Gasteiger partial charge in [-0.1, -0.05) is 42.5 Å². The van der Waals surface area contributed by atoms with E-state index >= 15 is 0 Å². The molecule has 2 atom stereocenters. The highest BCUT2D eigenvalue weighted by molar-refractivity contribution is 5.95. The number of carbonyl (C=O) groups is 1. The molecule has 0 aliphatic rings. The van der Waals surface area contributed by atoms with E-state index in [2.05, 4.69) is 5.32 Å². The normalized spacial score (nSPS) is 12.9. The summed E-state index contributed by atoms with van der Waals surface area (Å²) < 4.78 is 5.55. The molecule has 0 aliphatic carbocycles. The summed E-state index contributed by atoms with van der Waals surface area (Å²) >= 11 is 0. The molecule has 7 nitrogen and oxygen atoms in total. The molecular weight excluding hydrogens is 346 g/mol. The first-order valence-corrected chi connectivity index (χ1v) is 8.54. The van der Waals surface area contributed by atoms with Crippen molar-refractivity contribution < 1.29 is 19.5 Å². The molecule has 0 radical (unpaired) electrons. The third kappa shape index (κ3) is 4.39. The number of furan rings is 1. The number of para-hydroxylation sites is 2. The van der Waals surface area contributed by atoms with Crippen molar-refractivity contribution in [2.45, 2.75) is 19.0 Å². The van der Waals surface area contributed by atoms with Gasteiger partial charge in [0.25, 0.3) is 11.6 Å². The molecule has 0 aliphatic heterocycles. The van der Waals surface area contributed by atoms with Crippen LogP contribution in [0.4, 0.5) is 11.4 Å². The van der Waals surface area contributed by atoms with Gasteiger partial charge in [0.1, 0.15) is 5.69 Å². The van der Waals surface area contributed by atoms with E-state index in [1.807, 2.05) is 41.7 Å². The van der Waals surface area contributed by atoms with Crippen LogP contribution in [-0.2, 0) is 4.79 Å². The third-order valence-electron chi connectivity index (χ3n) is 4.26. The number of nitrogens with zero attached hydrogens (tertiary/aromatic N) is 1. The average molecular weight is 366 g/mol. The maximum absolute atomic E-state index is 12.6. The van der Waals surface area contributed by atoms with E-state index in [1.54, 1.807) is 31.4 Å². The number of anilines is 1. The standard InChI is InChI=1S/C20H19N3O4/c1-14(20(24)22-16-10-5-6-11-17(16)23(25)26)21-19(18-12-7-13-27-18)15-8-3-2-4-9-15/h2-14,19,21H,1H3,(H,22,24)/p+1/t14-,19+/m1/s1. The Morgan fingerprint density at radius 2 is 1.78 bits per heavy atom. The molecule has 0 saturated carbocycles. The first-order chi connectivity index (χ1) is 13.1. The van der Waals surface area contributed by atoms with E-state index in [4.69, 9.17) is 4.42 Å². The SMILES string of the molecule is C[C@@H]([NH2+][C@@H](c1ccccc1)c1ccco1)C(=O)Nc1ccccc1[N+](=O)[O-]. The number of hydrogen-bond donors (Lipinski definition) is 2. The lowest BCUT2D eigenvalue weighted by Crippen LogP contribution is -2.92. The van der Waals surface area contributed by atoms with E-state index in [9.17, 15) is 14.9 Å². The van der Waals surface area contributed by atoms with Gasteiger partial charge in [-0.15, -0.1) is 0 Å². The maximum atomic E-state index is 12.6. The number of rotatable bonds is 7. The second kappa shape index (κ2) is 8.29. The Labute approximate surface area is 156 Å². The highest BCUT2D eigenvalue weighted by Gasteiger charge is 2.27. The fraction of sp³-hybridized carbons (Fsp3) is 0.150. The third-order valence-corrected chi connectivity index (χ3v) is 4.26. The lowest BCUT2D eigenvalue weighted by atomic mass is 10.0. The van der Waals surface area contributed by atoms with Gasteiger partial charge in [-0.05, 0) is 25.1 Å². The summed E-state index contributed by atoms with van der Waals surface area (Å²) in [4.78, 5) is 23.2. The van der Waals surface area contributed by atoms with Crippen LogP contribution in [0.25, 0.3) is 0 Å². The molecule has 0 unspecified atom stereocenters. The van der Waals surface area contributed by atoms with Crippen molar-refractivity contribution in [3.63, 3.8) is 0 Å². The fourth-order valence-electron chi connectivity index (χ4n) is 2.86. The van der Waals surface area contributed by atoms with Crippen LogP contribution >= 0.6 is 0 Å². The molecule has 1 aromatic heterocycles. The number of nitrogens with two attached hydrogens (primary N) is 1. The Balaban J connectivity index is 1.77. The number of quaternary nitrogens is 1. The first-order valence-electron chi connectivity index (χ1n) is 8.54. The molecule has 2 aromatic carbocycles. The Morgan fingerprint density at radius 3 is 2.44 bits per heavy atom. The van der Waals surface area contributed by atoms with Crippen molar-refractivity contribution in [2.75, 3.05) is 5.32 Å². The zero-order valence-corrected chi connectivity index (χ0v) is 14.7. The van der Waals surface area contributed by atoms with Gasteiger partial charge in [-0.25, -0.2) is 0 Å². The van der Waals surface area contributed by atoms with E-state index in [0.29, 0.717) is 0 Å². The Morgan fingerprint density at radius 1 is 1.07 bits per heavy atom. The van der Waals surface area contributed by atoms with Gasteiger partial charge in [-0.2, -0.15) is 0 Å². The summed E-state index contributed by atoms with van der Waals surface area (Å²) in [5.41, 5.74) is 1.04. The summed E-state index contributed by atoms with van der Waals surface area (Å²) in [6.45, 7) is 1.75. The molecule has 3 N–H and O–H groups in total. The molecule has 3 rings (SSSR count). The predicted octanol–water partition coefficient (Wildman–Crippen LogP) is 2.87. The van der Waals surface area contributed by atoms with Crippen LogP contribution in [0.15, 0.2) is 77.4 Å². The second-order valence-corrected chi connectivity index (χ2v) is 6.15. The summed E-state index contributed by atoms with van der Waals surface area (Å²) in [5.74, 6) is 0.406. The van der Waals surface area contributed by atoms with Crippen molar-refractivity contribution in [2.24, 2.45) is 0 Å². The number of nitro benzene ring substituents is 1. The molecule has 7 heteroatoms. The fourth-order valence-corrected chi connectivity index (χ4v) is 2.86. The molecule has 27 heavy (non-hydrogen) atoms. The van der Waals surface area contributed by atoms with Crippen LogP contribution in [0.5, 0.6) is 0 Å². The van der Waals surface area contributed by atoms with E-state index < -0.39 is 11.0 Å². The van der Waals surface area contributed by atoms with Crippen LogP contribution in [0.3, 0.4) is 0 Å². The Bertz CT molecular complexity index is 910. The van der Waals surface area contributed by atoms with Gasteiger partial charge in [0.05, 0.1) is 11.2 Å². The molecule has 0 spiro atoms. The van der Waals surface area contributed by atoms with E-state index in [-0.39, 0.29) is 23.3 Å². The molecule has 0 saturated heterocycles. The van der Waals surface area contributed by atoms with Gasteiger partial charge in [0.2, 0.25) is 0 Å². The van der Waals surface area contributed by atoms with Crippen molar-refractivity contribution >= 4 is 17.3 Å². The summed E-state index contributed by atoms with van der Waals surface area (Å²) in [6, 6.07) is 18.8. The van der Waals surface area contributed by atoms with Gasteiger partial charge in [-0.3, -0.25) is 14.9 Å². The van der Waals surface area contributed by atoms with E-state index in [0.717, 1.165) is 11.3 Å². The van der Waals surface area contributed by atoms with Crippen molar-refractivity contribution in [1.82, 2.24) is 0 Å². The van der Waals surface area contributed by atoms with Gasteiger partial charge in [0.15, 0.2) is 17.8 Å². The smallest absolute Gasteiger partial charge is 0.292 e. The number of benzene rings is 2. The van der Waals surface area contributed by atoms with Crippen LogP contribution in [0.1, 0.15) is 24.3 Å². The molecule has 138 valence electrons. The summed E-state index contributed by atoms with van der Waals surface area (Å²) in [5, 5.41) is 15.6. The number of nitrogens with one attached hydrogen (secondary N) is 1. The quantitative estimate of drug-likeness (QED) is 0.496. The lowest BCUT2D eigenvalue weighted by Gasteiger charge is -2.18. The van der Waals surface area contributed by atoms with Gasteiger partial charge >= 0.3 is 0 Å². The minimum absolute atomic E-state index is 0.135. The number of hydrogen-bond acceptors (Lipinski definition) is 4. The van der Waals surface area contributed by atoms with E-state index in [1.165, 1.54) is 12.1 Å². The highest BCUT2D eigenvalue weighted by atomic mass is 16.6. The Hall–Kier alpha value is -3.45. The number of nitro groups is 1. The summed E-state index contributed by atoms with van der Waals surface area (Å²) in [7, 11) is 0. The van der Waals surface area contributed by atoms with Gasteiger partial charge < -0.3 is 15.1 Å². The first kappa shape index (κ1) is 18.3. The van der Waals surface area contributed by atoms with Crippen molar-refractivity contribution in [3.8, 4) is 0 Å². The number of carbonyl (C=O) groups excluding carboxylic acids is 1. The monoisotopic (exact) mass is 366 g/mol. The largest absolute Gasteiger partial charge is 0.463 e. The lowest BCUT2D eigenvalue weighted by molar-refractivity contribution is -0.706. The van der Waals surface area contributed by atoms with Crippen molar-refractivity contribution in [1.29, 1.82) is 0 Å². The van der Waals surface area contributed by atoms with Crippen LogP contribution in [0, 0.1) is 10.1 Å². The highest BCUT2D eigenvalue weighted by Crippen LogP contribution is 2.23.